The van der Waals surface area contributed by atoms with Crippen LogP contribution in [0.3, 0.4) is 0 Å². The molecule has 2 aromatic heterocycles. The Bertz CT molecular complexity index is 1620. The summed E-state index contributed by atoms with van der Waals surface area (Å²) >= 11 is 5.79. The van der Waals surface area contributed by atoms with E-state index in [1.807, 2.05) is 12.1 Å². The predicted octanol–water partition coefficient (Wildman–Crippen LogP) is 5.40. The van der Waals surface area contributed by atoms with Crippen molar-refractivity contribution in [1.29, 1.82) is 0 Å². The number of ketones is 2. The second-order valence-corrected chi connectivity index (χ2v) is 10.3. The van der Waals surface area contributed by atoms with Crippen molar-refractivity contribution in [1.82, 2.24) is 24.6 Å². The fraction of sp³-hybridized carbons (Fsp3) is 0.310. The highest BCUT2D eigenvalue weighted by Gasteiger charge is 2.36. The predicted molar refractivity (Wildman–Crippen MR) is 145 cm³/mol. The number of halogens is 3. The number of Topliss-reactive ketones (excluding diaryl/α,β-unsaturated/α-hetero) is 2. The number of aromatic nitrogens is 4. The monoisotopic (exact) mass is 565 g/mol. The number of carbonyl (C=O) groups excluding carboxylic acids is 3. The van der Waals surface area contributed by atoms with E-state index in [2.05, 4.69) is 15.1 Å². The number of hydrogen-bond donors (Lipinski definition) is 0. The van der Waals surface area contributed by atoms with Crippen molar-refractivity contribution in [2.75, 3.05) is 6.54 Å². The molecule has 0 unspecified atom stereocenters. The van der Waals surface area contributed by atoms with Gasteiger partial charge in [0, 0.05) is 49.2 Å². The molecule has 2 atom stereocenters. The molecule has 0 N–H and O–H groups in total. The zero-order chi connectivity index (χ0) is 28.6. The molecule has 2 aromatic carbocycles. The lowest BCUT2D eigenvalue weighted by Gasteiger charge is -2.24. The summed E-state index contributed by atoms with van der Waals surface area (Å²) in [6, 6.07) is 9.08. The fourth-order valence-electron chi connectivity index (χ4n) is 5.09. The van der Waals surface area contributed by atoms with Crippen molar-refractivity contribution in [2.45, 2.75) is 51.9 Å². The summed E-state index contributed by atoms with van der Waals surface area (Å²) in [5.74, 6) is -1.27. The largest absolute Gasteiger partial charge is 0.335 e. The summed E-state index contributed by atoms with van der Waals surface area (Å²) in [6.07, 6.45) is 2.33. The van der Waals surface area contributed by atoms with E-state index in [4.69, 9.17) is 11.6 Å². The number of benzene rings is 2. The molecule has 3 heterocycles. The minimum absolute atomic E-state index is 0.0664. The van der Waals surface area contributed by atoms with Gasteiger partial charge in [-0.2, -0.15) is 5.10 Å². The highest BCUT2D eigenvalue weighted by Crippen LogP contribution is 2.29. The van der Waals surface area contributed by atoms with E-state index in [0.29, 0.717) is 16.7 Å². The second-order valence-electron chi connectivity index (χ2n) is 9.91. The molecule has 11 heteroatoms. The maximum absolute atomic E-state index is 14.4. The van der Waals surface area contributed by atoms with Gasteiger partial charge in [-0.15, -0.1) is 0 Å². The van der Waals surface area contributed by atoms with Crippen LogP contribution in [0.5, 0.6) is 0 Å². The van der Waals surface area contributed by atoms with Gasteiger partial charge in [0.1, 0.15) is 24.2 Å². The molecule has 1 saturated heterocycles. The van der Waals surface area contributed by atoms with E-state index in [9.17, 15) is 23.2 Å². The zero-order valence-corrected chi connectivity index (χ0v) is 22.7. The number of fused-ring (bicyclic) bond motifs is 1. The van der Waals surface area contributed by atoms with Crippen LogP contribution in [-0.2, 0) is 11.3 Å². The average Bonchev–Trinajstić information content (AvgIpc) is 3.49. The van der Waals surface area contributed by atoms with Crippen molar-refractivity contribution in [3.63, 3.8) is 0 Å². The Morgan fingerprint density at radius 1 is 1.10 bits per heavy atom. The van der Waals surface area contributed by atoms with Crippen molar-refractivity contribution in [2.24, 2.45) is 0 Å². The summed E-state index contributed by atoms with van der Waals surface area (Å²) < 4.78 is 30.2. The van der Waals surface area contributed by atoms with Crippen LogP contribution >= 0.6 is 11.6 Å². The minimum atomic E-state index is -1.24. The quantitative estimate of drug-likeness (QED) is 0.265. The summed E-state index contributed by atoms with van der Waals surface area (Å²) in [5, 5.41) is 4.84. The van der Waals surface area contributed by atoms with E-state index in [1.54, 1.807) is 25.4 Å². The van der Waals surface area contributed by atoms with Gasteiger partial charge in [-0.05, 0) is 43.2 Å². The van der Waals surface area contributed by atoms with E-state index in [-0.39, 0.29) is 60.3 Å². The van der Waals surface area contributed by atoms with Crippen LogP contribution in [0.15, 0.2) is 48.8 Å². The van der Waals surface area contributed by atoms with Crippen molar-refractivity contribution in [3.8, 4) is 11.1 Å². The summed E-state index contributed by atoms with van der Waals surface area (Å²) in [4.78, 5) is 48.2. The summed E-state index contributed by atoms with van der Waals surface area (Å²) in [5.41, 5.74) is 2.23. The van der Waals surface area contributed by atoms with E-state index in [0.717, 1.165) is 11.1 Å². The smallest absolute Gasteiger partial charge is 0.244 e. The third-order valence-corrected chi connectivity index (χ3v) is 7.42. The standard InChI is InChI=1S/C29H26ClF2N5O3/c1-16(38)29-23-10-18(19-12-33-17(2)34-13-19)6-8-25(23)37(35-29)15-27(40)36-14-20(31)11-21(36)7-9-26(39)22-4-3-5-24(30)28(22)32/h3-6,8,10,12-13,20-21H,7,9,11,14-15H2,1-2H3/t20-,21-/m1/s1. The maximum atomic E-state index is 14.4. The van der Waals surface area contributed by atoms with Gasteiger partial charge >= 0.3 is 0 Å². The highest BCUT2D eigenvalue weighted by atomic mass is 35.5. The molecule has 8 nitrogen and oxygen atoms in total. The topological polar surface area (TPSA) is 98.1 Å². The normalized spacial score (nSPS) is 17.0. The van der Waals surface area contributed by atoms with E-state index in [1.165, 1.54) is 34.7 Å². The number of aryl methyl sites for hydroxylation is 1. The van der Waals surface area contributed by atoms with Crippen LogP contribution in [0.4, 0.5) is 8.78 Å². The Hall–Kier alpha value is -4.05. The number of carbonyl (C=O) groups is 3. The molecule has 0 bridgehead atoms. The summed E-state index contributed by atoms with van der Waals surface area (Å²) in [6.45, 7) is 2.87. The first-order chi connectivity index (χ1) is 19.1. The van der Waals surface area contributed by atoms with Gasteiger partial charge in [0.2, 0.25) is 5.91 Å². The number of likely N-dealkylation sites (tertiary alicyclic amines) is 1. The molecular formula is C29H26ClF2N5O3. The Labute approximate surface area is 234 Å². The van der Waals surface area contributed by atoms with Crippen LogP contribution in [0.2, 0.25) is 5.02 Å². The molecule has 0 aliphatic carbocycles. The average molecular weight is 566 g/mol. The molecular weight excluding hydrogens is 540 g/mol. The van der Waals surface area contributed by atoms with Gasteiger partial charge in [-0.3, -0.25) is 19.1 Å². The molecule has 0 spiro atoms. The van der Waals surface area contributed by atoms with Gasteiger partial charge in [-0.1, -0.05) is 23.7 Å². The molecule has 0 saturated carbocycles. The third-order valence-electron chi connectivity index (χ3n) is 7.12. The molecule has 1 aliphatic heterocycles. The molecule has 1 aliphatic rings. The first-order valence-electron chi connectivity index (χ1n) is 12.8. The molecule has 4 aromatic rings. The molecule has 1 fully saturated rings. The van der Waals surface area contributed by atoms with Gasteiger partial charge in [0.15, 0.2) is 17.4 Å². The van der Waals surface area contributed by atoms with Crippen LogP contribution in [0.25, 0.3) is 22.0 Å². The molecule has 40 heavy (non-hydrogen) atoms. The Balaban J connectivity index is 1.35. The first kappa shape index (κ1) is 27.5. The van der Waals surface area contributed by atoms with Gasteiger partial charge < -0.3 is 4.90 Å². The van der Waals surface area contributed by atoms with Crippen molar-refractivity contribution >= 4 is 40.0 Å². The molecule has 1 amide bonds. The molecule has 0 radical (unpaired) electrons. The Kier molecular flexibility index (Phi) is 7.71. The van der Waals surface area contributed by atoms with Gasteiger partial charge in [0.05, 0.1) is 22.6 Å². The second kappa shape index (κ2) is 11.2. The first-order valence-corrected chi connectivity index (χ1v) is 13.2. The van der Waals surface area contributed by atoms with Crippen LogP contribution in [0.1, 0.15) is 52.9 Å². The zero-order valence-electron chi connectivity index (χ0n) is 21.9. The number of hydrogen-bond acceptors (Lipinski definition) is 6. The molecule has 5 rings (SSSR count). The summed E-state index contributed by atoms with van der Waals surface area (Å²) in [7, 11) is 0. The van der Waals surface area contributed by atoms with Crippen molar-refractivity contribution in [3.05, 3.63) is 76.7 Å². The number of amides is 1. The Morgan fingerprint density at radius 2 is 1.85 bits per heavy atom. The fourth-order valence-corrected chi connectivity index (χ4v) is 5.26. The lowest BCUT2D eigenvalue weighted by molar-refractivity contribution is -0.133. The SMILES string of the molecule is CC(=O)c1nn(CC(=O)N2C[C@H](F)C[C@H]2CCC(=O)c2cccc(Cl)c2F)c2ccc(-c3cnc(C)nc3)cc12. The van der Waals surface area contributed by atoms with Crippen LogP contribution in [-0.4, -0.2) is 60.9 Å². The maximum Gasteiger partial charge on any atom is 0.244 e. The lowest BCUT2D eigenvalue weighted by atomic mass is 10.0. The Morgan fingerprint density at radius 3 is 2.58 bits per heavy atom. The number of nitrogens with zero attached hydrogens (tertiary/aromatic N) is 5. The van der Waals surface area contributed by atoms with Crippen molar-refractivity contribution < 1.29 is 23.2 Å². The van der Waals surface area contributed by atoms with E-state index >= 15 is 0 Å². The number of alkyl halides is 1. The number of rotatable bonds is 8. The molecule has 206 valence electrons. The lowest BCUT2D eigenvalue weighted by Crippen LogP contribution is -2.38. The minimum Gasteiger partial charge on any atom is -0.335 e. The van der Waals surface area contributed by atoms with E-state index < -0.39 is 23.8 Å². The van der Waals surface area contributed by atoms with Crippen LogP contribution in [0, 0.1) is 12.7 Å². The van der Waals surface area contributed by atoms with Gasteiger partial charge in [-0.25, -0.2) is 18.7 Å². The third kappa shape index (κ3) is 5.49. The van der Waals surface area contributed by atoms with Gasteiger partial charge in [0.25, 0.3) is 0 Å². The highest BCUT2D eigenvalue weighted by molar-refractivity contribution is 6.31. The van der Waals surface area contributed by atoms with Crippen LogP contribution < -0.4 is 0 Å².